The Morgan fingerprint density at radius 2 is 2.33 bits per heavy atom. The zero-order valence-electron chi connectivity index (χ0n) is 10.8. The van der Waals surface area contributed by atoms with E-state index < -0.39 is 17.5 Å². The Morgan fingerprint density at radius 1 is 1.56 bits per heavy atom. The van der Waals surface area contributed by atoms with Crippen molar-refractivity contribution in [3.63, 3.8) is 0 Å². The van der Waals surface area contributed by atoms with Gasteiger partial charge in [0, 0.05) is 13.0 Å². The molecule has 18 heavy (non-hydrogen) atoms. The van der Waals surface area contributed by atoms with Gasteiger partial charge in [-0.1, -0.05) is 12.1 Å². The van der Waals surface area contributed by atoms with Crippen LogP contribution in [0.5, 0.6) is 5.75 Å². The van der Waals surface area contributed by atoms with Gasteiger partial charge in [0.2, 0.25) is 0 Å². The third-order valence-electron chi connectivity index (χ3n) is 3.63. The van der Waals surface area contributed by atoms with Crippen molar-refractivity contribution in [2.45, 2.75) is 37.9 Å². The first kappa shape index (κ1) is 13.3. The molecule has 0 amide bonds. The first-order valence-electron chi connectivity index (χ1n) is 6.20. The molecule has 0 aromatic heterocycles. The van der Waals surface area contributed by atoms with E-state index in [4.69, 9.17) is 9.47 Å². The van der Waals surface area contributed by atoms with Crippen molar-refractivity contribution in [2.75, 3.05) is 13.7 Å². The van der Waals surface area contributed by atoms with E-state index in [-0.39, 0.29) is 12.2 Å². The molecule has 1 heterocycles. The van der Waals surface area contributed by atoms with Gasteiger partial charge in [-0.2, -0.15) is 0 Å². The maximum atomic E-state index is 14.0. The lowest BCUT2D eigenvalue weighted by Crippen LogP contribution is -2.40. The van der Waals surface area contributed by atoms with Gasteiger partial charge in [0.05, 0.1) is 18.8 Å². The number of aliphatic hydroxyl groups is 1. The van der Waals surface area contributed by atoms with Gasteiger partial charge in [0.1, 0.15) is 0 Å². The van der Waals surface area contributed by atoms with E-state index in [9.17, 15) is 9.50 Å². The van der Waals surface area contributed by atoms with E-state index in [1.807, 2.05) is 6.92 Å². The fourth-order valence-electron chi connectivity index (χ4n) is 2.36. The van der Waals surface area contributed by atoms with Gasteiger partial charge >= 0.3 is 0 Å². The van der Waals surface area contributed by atoms with Crippen LogP contribution in [0.3, 0.4) is 0 Å². The molecule has 0 spiro atoms. The maximum absolute atomic E-state index is 14.0. The molecule has 0 radical (unpaired) electrons. The lowest BCUT2D eigenvalue weighted by molar-refractivity contribution is -0.0770. The average molecular weight is 254 g/mol. The van der Waals surface area contributed by atoms with E-state index in [0.29, 0.717) is 12.2 Å². The van der Waals surface area contributed by atoms with Crippen LogP contribution in [0.25, 0.3) is 0 Å². The second-order valence-electron chi connectivity index (χ2n) is 4.92. The molecule has 0 saturated carbocycles. The smallest absolute Gasteiger partial charge is 0.168 e. The molecule has 1 aliphatic rings. The van der Waals surface area contributed by atoms with Crippen LogP contribution in [0.2, 0.25) is 0 Å². The summed E-state index contributed by atoms with van der Waals surface area (Å²) in [7, 11) is 1.43. The molecule has 100 valence electrons. The first-order valence-corrected chi connectivity index (χ1v) is 6.20. The molecule has 2 unspecified atom stereocenters. The summed E-state index contributed by atoms with van der Waals surface area (Å²) in [5.74, 6) is -0.196. The van der Waals surface area contributed by atoms with Gasteiger partial charge in [-0.3, -0.25) is 0 Å². The van der Waals surface area contributed by atoms with E-state index in [1.165, 1.54) is 7.11 Å². The van der Waals surface area contributed by atoms with Gasteiger partial charge in [0.25, 0.3) is 0 Å². The second kappa shape index (κ2) is 5.24. The van der Waals surface area contributed by atoms with Crippen LogP contribution in [-0.4, -0.2) is 30.5 Å². The van der Waals surface area contributed by atoms with Gasteiger partial charge in [0.15, 0.2) is 11.6 Å². The number of ether oxygens (including phenoxy) is 2. The van der Waals surface area contributed by atoms with Crippen LogP contribution >= 0.6 is 0 Å². The SMILES string of the molecule is COc1cccc(CC(O)C2(C)CCCO2)c1F. The van der Waals surface area contributed by atoms with Crippen molar-refractivity contribution in [1.82, 2.24) is 0 Å². The maximum Gasteiger partial charge on any atom is 0.168 e. The summed E-state index contributed by atoms with van der Waals surface area (Å²) < 4.78 is 24.5. The predicted octanol–water partition coefficient (Wildman–Crippen LogP) is 2.31. The van der Waals surface area contributed by atoms with Crippen molar-refractivity contribution in [2.24, 2.45) is 0 Å². The number of hydrogen-bond acceptors (Lipinski definition) is 3. The summed E-state index contributed by atoms with van der Waals surface area (Å²) in [6, 6.07) is 4.96. The normalized spacial score (nSPS) is 25.1. The Kier molecular flexibility index (Phi) is 3.88. The topological polar surface area (TPSA) is 38.7 Å². The van der Waals surface area contributed by atoms with Crippen LogP contribution < -0.4 is 4.74 Å². The second-order valence-corrected chi connectivity index (χ2v) is 4.92. The van der Waals surface area contributed by atoms with E-state index in [0.717, 1.165) is 12.8 Å². The Hall–Kier alpha value is -1.13. The quantitative estimate of drug-likeness (QED) is 0.896. The molecule has 1 saturated heterocycles. The summed E-state index contributed by atoms with van der Waals surface area (Å²) in [6.07, 6.45) is 1.27. The summed E-state index contributed by atoms with van der Waals surface area (Å²) >= 11 is 0. The summed E-state index contributed by atoms with van der Waals surface area (Å²) in [5.41, 5.74) is -0.103. The Labute approximate surface area is 107 Å². The highest BCUT2D eigenvalue weighted by atomic mass is 19.1. The highest BCUT2D eigenvalue weighted by molar-refractivity contribution is 5.31. The third kappa shape index (κ3) is 2.49. The first-order chi connectivity index (χ1) is 8.57. The molecule has 1 N–H and O–H groups in total. The zero-order chi connectivity index (χ0) is 13.2. The molecule has 1 aromatic carbocycles. The molecule has 2 rings (SSSR count). The largest absolute Gasteiger partial charge is 0.494 e. The molecular weight excluding hydrogens is 235 g/mol. The van der Waals surface area contributed by atoms with Crippen LogP contribution in [0, 0.1) is 5.82 Å². The van der Waals surface area contributed by atoms with Crippen molar-refractivity contribution < 1.29 is 19.0 Å². The molecule has 1 aromatic rings. The monoisotopic (exact) mass is 254 g/mol. The molecule has 0 aliphatic carbocycles. The molecule has 1 aliphatic heterocycles. The Balaban J connectivity index is 2.14. The third-order valence-corrected chi connectivity index (χ3v) is 3.63. The van der Waals surface area contributed by atoms with E-state index >= 15 is 0 Å². The summed E-state index contributed by atoms with van der Waals surface area (Å²) in [5, 5.41) is 10.2. The minimum Gasteiger partial charge on any atom is -0.494 e. The fourth-order valence-corrected chi connectivity index (χ4v) is 2.36. The van der Waals surface area contributed by atoms with Crippen molar-refractivity contribution in [1.29, 1.82) is 0 Å². The minimum absolute atomic E-state index is 0.206. The molecule has 0 bridgehead atoms. The van der Waals surface area contributed by atoms with Crippen molar-refractivity contribution in [3.8, 4) is 5.75 Å². The summed E-state index contributed by atoms with van der Waals surface area (Å²) in [4.78, 5) is 0. The average Bonchev–Trinajstić information content (AvgIpc) is 2.80. The molecule has 1 fully saturated rings. The Morgan fingerprint density at radius 3 is 2.94 bits per heavy atom. The lowest BCUT2D eigenvalue weighted by Gasteiger charge is -2.29. The molecule has 4 heteroatoms. The highest BCUT2D eigenvalue weighted by Crippen LogP contribution is 2.31. The van der Waals surface area contributed by atoms with Gasteiger partial charge in [-0.05, 0) is 31.4 Å². The number of hydrogen-bond donors (Lipinski definition) is 1. The van der Waals surface area contributed by atoms with Crippen LogP contribution in [0.4, 0.5) is 4.39 Å². The Bertz CT molecular complexity index is 414. The van der Waals surface area contributed by atoms with Crippen LogP contribution in [0.1, 0.15) is 25.3 Å². The van der Waals surface area contributed by atoms with Crippen molar-refractivity contribution in [3.05, 3.63) is 29.6 Å². The highest BCUT2D eigenvalue weighted by Gasteiger charge is 2.37. The van der Waals surface area contributed by atoms with Gasteiger partial charge < -0.3 is 14.6 Å². The van der Waals surface area contributed by atoms with E-state index in [2.05, 4.69) is 0 Å². The molecular formula is C14H19FO3. The van der Waals surface area contributed by atoms with Gasteiger partial charge in [-0.15, -0.1) is 0 Å². The number of benzene rings is 1. The minimum atomic E-state index is -0.707. The zero-order valence-corrected chi connectivity index (χ0v) is 10.8. The lowest BCUT2D eigenvalue weighted by atomic mass is 9.90. The predicted molar refractivity (Wildman–Crippen MR) is 66.3 cm³/mol. The standard InChI is InChI=1S/C14H19FO3/c1-14(7-4-8-18-14)12(16)9-10-5-3-6-11(17-2)13(10)15/h3,5-6,12,16H,4,7-9H2,1-2H3. The summed E-state index contributed by atoms with van der Waals surface area (Å²) in [6.45, 7) is 2.54. The number of aliphatic hydroxyl groups excluding tert-OH is 1. The van der Waals surface area contributed by atoms with Crippen LogP contribution in [0.15, 0.2) is 18.2 Å². The fraction of sp³-hybridized carbons (Fsp3) is 0.571. The van der Waals surface area contributed by atoms with E-state index in [1.54, 1.807) is 18.2 Å². The van der Waals surface area contributed by atoms with Crippen LogP contribution in [-0.2, 0) is 11.2 Å². The number of methoxy groups -OCH3 is 1. The van der Waals surface area contributed by atoms with Crippen molar-refractivity contribution >= 4 is 0 Å². The molecule has 2 atom stereocenters. The number of rotatable bonds is 4. The molecule has 3 nitrogen and oxygen atoms in total. The number of halogens is 1. The van der Waals surface area contributed by atoms with Gasteiger partial charge in [-0.25, -0.2) is 4.39 Å².